The molecule has 1 aliphatic heterocycles. The van der Waals surface area contributed by atoms with Crippen LogP contribution >= 0.6 is 22.4 Å². The fraction of sp³-hybridized carbons (Fsp3) is 0.167. The van der Waals surface area contributed by atoms with Crippen LogP contribution in [0.2, 0.25) is 0 Å². The zero-order valence-corrected chi connectivity index (χ0v) is 11.7. The topological polar surface area (TPSA) is 87.1 Å². The van der Waals surface area contributed by atoms with Gasteiger partial charge in [-0.2, -0.15) is 5.26 Å². The first-order valence-corrected chi connectivity index (χ1v) is 7.86. The van der Waals surface area contributed by atoms with Gasteiger partial charge in [0.2, 0.25) is 0 Å². The first-order chi connectivity index (χ1) is 9.16. The molecule has 0 fully saturated rings. The minimum absolute atomic E-state index is 0.186. The Hall–Kier alpha value is -1.91. The SMILES string of the molecule is N#CC1=NC=CS1(CCc1ccccn1)NC(N)=S. The normalized spacial score (nSPS) is 24.1. The molecule has 2 heterocycles. The number of nitrogens with zero attached hydrogens (tertiary/aromatic N) is 3. The molecule has 0 saturated carbocycles. The number of pyridine rings is 1. The van der Waals surface area contributed by atoms with E-state index in [9.17, 15) is 5.26 Å². The highest BCUT2D eigenvalue weighted by molar-refractivity contribution is 8.47. The Bertz CT molecular complexity index is 576. The molecule has 0 saturated heterocycles. The number of hydrogen-bond donors (Lipinski definition) is 2. The summed E-state index contributed by atoms with van der Waals surface area (Å²) in [5, 5.41) is 11.7. The Balaban J connectivity index is 2.16. The van der Waals surface area contributed by atoms with Gasteiger partial charge in [0.25, 0.3) is 0 Å². The molecular weight excluding hydrogens is 278 g/mol. The smallest absolute Gasteiger partial charge is 0.177 e. The van der Waals surface area contributed by atoms with E-state index in [2.05, 4.69) is 20.8 Å². The van der Waals surface area contributed by atoms with Crippen molar-refractivity contribution in [2.75, 3.05) is 5.75 Å². The van der Waals surface area contributed by atoms with Crippen LogP contribution in [0.15, 0.2) is 41.0 Å². The van der Waals surface area contributed by atoms with E-state index in [0.717, 1.165) is 12.1 Å². The summed E-state index contributed by atoms with van der Waals surface area (Å²) in [6.07, 6.45) is 4.12. The number of aliphatic imine (C=N–C) groups is 1. The van der Waals surface area contributed by atoms with Crippen molar-refractivity contribution in [1.82, 2.24) is 9.71 Å². The summed E-state index contributed by atoms with van der Waals surface area (Å²) in [5.74, 6) is 0.699. The maximum Gasteiger partial charge on any atom is 0.177 e. The van der Waals surface area contributed by atoms with E-state index in [1.807, 2.05) is 23.6 Å². The molecule has 19 heavy (non-hydrogen) atoms. The Morgan fingerprint density at radius 2 is 2.37 bits per heavy atom. The summed E-state index contributed by atoms with van der Waals surface area (Å²) >= 11 is 4.91. The van der Waals surface area contributed by atoms with Gasteiger partial charge in [0.15, 0.2) is 10.2 Å². The molecular formula is C12H13N5S2. The lowest BCUT2D eigenvalue weighted by Gasteiger charge is -2.33. The summed E-state index contributed by atoms with van der Waals surface area (Å²) in [4.78, 5) is 8.36. The third-order valence-corrected chi connectivity index (χ3v) is 5.75. The van der Waals surface area contributed by atoms with Crippen LogP contribution in [0, 0.1) is 11.3 Å². The summed E-state index contributed by atoms with van der Waals surface area (Å²) in [6.45, 7) is 0. The number of aromatic nitrogens is 1. The average molecular weight is 291 g/mol. The maximum absolute atomic E-state index is 9.17. The van der Waals surface area contributed by atoms with Crippen molar-refractivity contribution in [3.63, 3.8) is 0 Å². The van der Waals surface area contributed by atoms with E-state index in [1.54, 1.807) is 12.4 Å². The summed E-state index contributed by atoms with van der Waals surface area (Å²) in [5.41, 5.74) is 6.54. The third-order valence-electron chi connectivity index (χ3n) is 2.61. The molecule has 5 nitrogen and oxygen atoms in total. The van der Waals surface area contributed by atoms with Crippen molar-refractivity contribution in [2.24, 2.45) is 10.7 Å². The highest BCUT2D eigenvalue weighted by atomic mass is 32.3. The molecule has 1 aromatic heterocycles. The maximum atomic E-state index is 9.17. The highest BCUT2D eigenvalue weighted by Gasteiger charge is 2.31. The summed E-state index contributed by atoms with van der Waals surface area (Å²) in [6, 6.07) is 7.89. The van der Waals surface area contributed by atoms with Gasteiger partial charge in [-0.05, 0) is 36.2 Å². The number of aryl methyl sites for hydroxylation is 1. The van der Waals surface area contributed by atoms with Crippen molar-refractivity contribution in [3.05, 3.63) is 41.7 Å². The highest BCUT2D eigenvalue weighted by Crippen LogP contribution is 2.50. The zero-order valence-electron chi connectivity index (χ0n) is 10.1. The number of rotatable bonds is 4. The summed E-state index contributed by atoms with van der Waals surface area (Å²) < 4.78 is 3.05. The Morgan fingerprint density at radius 3 is 3.00 bits per heavy atom. The molecule has 2 rings (SSSR count). The number of nitrogens with two attached hydrogens (primary N) is 1. The monoisotopic (exact) mass is 291 g/mol. The second-order valence-electron chi connectivity index (χ2n) is 3.87. The van der Waals surface area contributed by atoms with Gasteiger partial charge in [-0.25, -0.2) is 4.99 Å². The van der Waals surface area contributed by atoms with Gasteiger partial charge >= 0.3 is 0 Å². The predicted octanol–water partition coefficient (Wildman–Crippen LogP) is 1.58. The van der Waals surface area contributed by atoms with Crippen LogP contribution in [0.5, 0.6) is 0 Å². The van der Waals surface area contributed by atoms with E-state index in [4.69, 9.17) is 18.0 Å². The molecule has 1 aliphatic rings. The standard InChI is InChI=1S/C12H13N5S2/c13-9-11-16-6-8-19(11,17-12(14)18)7-4-10-3-1-2-5-15-10/h1-3,5-6,8H,4,7H2,(H3,14,17,18). The molecule has 0 radical (unpaired) electrons. The van der Waals surface area contributed by atoms with E-state index >= 15 is 0 Å². The Kier molecular flexibility index (Phi) is 4.14. The molecule has 98 valence electrons. The van der Waals surface area contributed by atoms with Crippen molar-refractivity contribution in [3.8, 4) is 6.07 Å². The zero-order chi connectivity index (χ0) is 13.7. The molecule has 0 spiro atoms. The molecule has 0 aromatic carbocycles. The number of nitrogens with one attached hydrogen (secondary N) is 1. The van der Waals surface area contributed by atoms with Crippen LogP contribution in [0.1, 0.15) is 5.69 Å². The minimum atomic E-state index is -1.70. The average Bonchev–Trinajstić information content (AvgIpc) is 2.80. The minimum Gasteiger partial charge on any atom is -0.376 e. The molecule has 0 aliphatic carbocycles. The molecule has 7 heteroatoms. The largest absolute Gasteiger partial charge is 0.376 e. The van der Waals surface area contributed by atoms with Crippen molar-refractivity contribution >= 4 is 32.6 Å². The van der Waals surface area contributed by atoms with E-state index in [1.165, 1.54) is 0 Å². The van der Waals surface area contributed by atoms with Crippen LogP contribution in [0.4, 0.5) is 0 Å². The van der Waals surface area contributed by atoms with Gasteiger partial charge < -0.3 is 10.5 Å². The molecule has 1 unspecified atom stereocenters. The molecule has 0 bridgehead atoms. The summed E-state index contributed by atoms with van der Waals surface area (Å²) in [7, 11) is -1.70. The van der Waals surface area contributed by atoms with Crippen LogP contribution in [-0.2, 0) is 6.42 Å². The van der Waals surface area contributed by atoms with Crippen LogP contribution in [0.3, 0.4) is 0 Å². The van der Waals surface area contributed by atoms with Crippen molar-refractivity contribution in [2.45, 2.75) is 6.42 Å². The molecule has 1 aromatic rings. The van der Waals surface area contributed by atoms with Gasteiger partial charge in [-0.3, -0.25) is 4.98 Å². The molecule has 3 N–H and O–H groups in total. The number of hydrogen-bond acceptors (Lipinski definition) is 4. The van der Waals surface area contributed by atoms with Gasteiger partial charge in [0.1, 0.15) is 6.07 Å². The van der Waals surface area contributed by atoms with Crippen LogP contribution in [0.25, 0.3) is 0 Å². The van der Waals surface area contributed by atoms with Crippen LogP contribution in [-0.4, -0.2) is 20.9 Å². The first-order valence-electron chi connectivity index (χ1n) is 5.59. The number of nitriles is 1. The number of thiocarbonyl (C=S) groups is 1. The Morgan fingerprint density at radius 1 is 1.53 bits per heavy atom. The van der Waals surface area contributed by atoms with Gasteiger partial charge in [-0.15, -0.1) is 0 Å². The predicted molar refractivity (Wildman–Crippen MR) is 82.5 cm³/mol. The first kappa shape index (κ1) is 13.5. The fourth-order valence-corrected chi connectivity index (χ4v) is 4.50. The third kappa shape index (κ3) is 3.10. The second kappa shape index (κ2) is 5.82. The molecule has 1 atom stereocenters. The van der Waals surface area contributed by atoms with Gasteiger partial charge in [0, 0.05) is 23.8 Å². The lowest BCUT2D eigenvalue weighted by atomic mass is 10.3. The lowest BCUT2D eigenvalue weighted by Crippen LogP contribution is -2.35. The van der Waals surface area contributed by atoms with E-state index < -0.39 is 10.2 Å². The van der Waals surface area contributed by atoms with Crippen LogP contribution < -0.4 is 10.5 Å². The molecule has 0 amide bonds. The lowest BCUT2D eigenvalue weighted by molar-refractivity contribution is 1.04. The van der Waals surface area contributed by atoms with Crippen molar-refractivity contribution < 1.29 is 0 Å². The van der Waals surface area contributed by atoms with E-state index in [0.29, 0.717) is 10.8 Å². The van der Waals surface area contributed by atoms with E-state index in [-0.39, 0.29) is 5.11 Å². The van der Waals surface area contributed by atoms with Crippen molar-refractivity contribution in [1.29, 1.82) is 5.26 Å². The van der Waals surface area contributed by atoms with Gasteiger partial charge in [0.05, 0.1) is 0 Å². The Labute approximate surface area is 118 Å². The fourth-order valence-electron chi connectivity index (χ4n) is 1.76. The second-order valence-corrected chi connectivity index (χ2v) is 7.16. The quantitative estimate of drug-likeness (QED) is 0.822. The van der Waals surface area contributed by atoms with Gasteiger partial charge in [-0.1, -0.05) is 16.3 Å².